The molecule has 0 aromatic carbocycles. The number of carbonyl (C=O) groups excluding carboxylic acids is 1. The fourth-order valence-electron chi connectivity index (χ4n) is 5.27. The van der Waals surface area contributed by atoms with Gasteiger partial charge in [0.2, 0.25) is 0 Å². The Kier molecular flexibility index (Phi) is 4.52. The summed E-state index contributed by atoms with van der Waals surface area (Å²) < 4.78 is 0. The zero-order valence-corrected chi connectivity index (χ0v) is 13.4. The topological polar surface area (TPSA) is 17.1 Å². The number of hydrogen-bond donors (Lipinski definition) is 0. The zero-order chi connectivity index (χ0) is 14.1. The fourth-order valence-corrected chi connectivity index (χ4v) is 5.27. The van der Waals surface area contributed by atoms with E-state index in [9.17, 15) is 4.79 Å². The van der Waals surface area contributed by atoms with Crippen LogP contribution in [0.2, 0.25) is 0 Å². The van der Waals surface area contributed by atoms with Crippen LogP contribution < -0.4 is 0 Å². The molecule has 6 atom stereocenters. The second kappa shape index (κ2) is 6.20. The molecule has 3 fully saturated rings. The quantitative estimate of drug-likeness (QED) is 0.674. The second-order valence-electron chi connectivity index (χ2n) is 8.18. The molecule has 0 saturated heterocycles. The van der Waals surface area contributed by atoms with Crippen LogP contribution in [0.4, 0.5) is 0 Å². The molecule has 114 valence electrons. The Morgan fingerprint density at radius 2 is 1.35 bits per heavy atom. The number of hydrogen-bond acceptors (Lipinski definition) is 1. The van der Waals surface area contributed by atoms with Crippen molar-refractivity contribution < 1.29 is 4.79 Å². The highest BCUT2D eigenvalue weighted by atomic mass is 16.1. The summed E-state index contributed by atoms with van der Waals surface area (Å²) in [6.45, 7) is 4.71. The molecule has 0 aromatic rings. The lowest BCUT2D eigenvalue weighted by atomic mass is 9.64. The van der Waals surface area contributed by atoms with Crippen LogP contribution in [-0.2, 0) is 4.79 Å². The third-order valence-corrected chi connectivity index (χ3v) is 6.94. The van der Waals surface area contributed by atoms with Crippen LogP contribution in [0, 0.1) is 35.5 Å². The fraction of sp³-hybridized carbons (Fsp3) is 0.947. The molecule has 0 spiro atoms. The summed E-state index contributed by atoms with van der Waals surface area (Å²) in [6.07, 6.45) is 13.1. The Bertz CT molecular complexity index is 348. The Morgan fingerprint density at radius 3 is 2.10 bits per heavy atom. The van der Waals surface area contributed by atoms with E-state index in [4.69, 9.17) is 0 Å². The molecule has 3 rings (SSSR count). The molecule has 3 aliphatic rings. The van der Waals surface area contributed by atoms with Crippen molar-refractivity contribution >= 4 is 5.78 Å². The first-order chi connectivity index (χ1) is 9.65. The van der Waals surface area contributed by atoms with Crippen molar-refractivity contribution in [3.05, 3.63) is 0 Å². The van der Waals surface area contributed by atoms with Gasteiger partial charge >= 0.3 is 0 Å². The van der Waals surface area contributed by atoms with Crippen LogP contribution in [0.1, 0.15) is 78.1 Å². The highest BCUT2D eigenvalue weighted by Gasteiger charge is 2.38. The molecular formula is C19H32O. The van der Waals surface area contributed by atoms with E-state index in [1.165, 1.54) is 64.2 Å². The number of Topliss-reactive ketones (excluding diaryl/α,β-unsaturated/α-hetero) is 1. The van der Waals surface area contributed by atoms with Crippen molar-refractivity contribution in [2.45, 2.75) is 78.1 Å². The molecule has 0 radical (unpaired) electrons. The van der Waals surface area contributed by atoms with Crippen molar-refractivity contribution in [2.24, 2.45) is 35.5 Å². The lowest BCUT2D eigenvalue weighted by Crippen LogP contribution is -2.36. The van der Waals surface area contributed by atoms with Crippen molar-refractivity contribution in [3.63, 3.8) is 0 Å². The predicted molar refractivity (Wildman–Crippen MR) is 83.5 cm³/mol. The maximum absolute atomic E-state index is 12.9. The minimum Gasteiger partial charge on any atom is -0.299 e. The average molecular weight is 276 g/mol. The molecule has 0 aromatic heterocycles. The van der Waals surface area contributed by atoms with Crippen molar-refractivity contribution in [3.8, 4) is 0 Å². The highest BCUT2D eigenvalue weighted by molar-refractivity contribution is 5.83. The summed E-state index contributed by atoms with van der Waals surface area (Å²) >= 11 is 0. The number of fused-ring (bicyclic) bond motifs is 1. The van der Waals surface area contributed by atoms with E-state index in [2.05, 4.69) is 13.8 Å². The lowest BCUT2D eigenvalue weighted by molar-refractivity contribution is -0.131. The average Bonchev–Trinajstić information content (AvgIpc) is 2.49. The highest BCUT2D eigenvalue weighted by Crippen LogP contribution is 2.45. The van der Waals surface area contributed by atoms with Gasteiger partial charge in [0, 0.05) is 11.8 Å². The van der Waals surface area contributed by atoms with E-state index in [1.54, 1.807) is 0 Å². The second-order valence-corrected chi connectivity index (χ2v) is 8.18. The third kappa shape index (κ3) is 2.97. The molecule has 3 saturated carbocycles. The minimum atomic E-state index is 0.409. The van der Waals surface area contributed by atoms with Crippen molar-refractivity contribution in [1.29, 1.82) is 0 Å². The molecule has 0 aliphatic heterocycles. The van der Waals surface area contributed by atoms with Gasteiger partial charge in [0.05, 0.1) is 0 Å². The van der Waals surface area contributed by atoms with Crippen LogP contribution in [0.15, 0.2) is 0 Å². The maximum Gasteiger partial charge on any atom is 0.139 e. The SMILES string of the molecule is CC1CCC(C(=O)C2CCC3CCCCC3C2)CC1C. The molecule has 0 bridgehead atoms. The minimum absolute atomic E-state index is 0.409. The first kappa shape index (κ1) is 14.6. The van der Waals surface area contributed by atoms with Gasteiger partial charge in [-0.3, -0.25) is 4.79 Å². The largest absolute Gasteiger partial charge is 0.299 e. The van der Waals surface area contributed by atoms with Crippen LogP contribution in [0.25, 0.3) is 0 Å². The predicted octanol–water partition coefficient (Wildman–Crippen LogP) is 5.23. The summed E-state index contributed by atoms with van der Waals surface area (Å²) in [5.74, 6) is 4.94. The first-order valence-corrected chi connectivity index (χ1v) is 9.19. The van der Waals surface area contributed by atoms with Crippen molar-refractivity contribution in [2.75, 3.05) is 0 Å². The zero-order valence-electron chi connectivity index (χ0n) is 13.4. The van der Waals surface area contributed by atoms with Crippen LogP contribution in [-0.4, -0.2) is 5.78 Å². The molecule has 6 unspecified atom stereocenters. The lowest BCUT2D eigenvalue weighted by Gasteiger charge is -2.40. The molecule has 3 aliphatic carbocycles. The summed E-state index contributed by atoms with van der Waals surface area (Å²) in [6, 6.07) is 0. The standard InChI is InChI=1S/C19H32O/c1-13-7-8-17(11-14(13)2)19(20)18-10-9-15-5-3-4-6-16(15)12-18/h13-18H,3-12H2,1-2H3. The van der Waals surface area contributed by atoms with Crippen LogP contribution in [0.5, 0.6) is 0 Å². The van der Waals surface area contributed by atoms with Crippen LogP contribution in [0.3, 0.4) is 0 Å². The molecule has 1 nitrogen and oxygen atoms in total. The molecule has 0 N–H and O–H groups in total. The first-order valence-electron chi connectivity index (χ1n) is 9.19. The normalized spacial score (nSPS) is 45.7. The molecule has 0 heterocycles. The Balaban J connectivity index is 1.57. The third-order valence-electron chi connectivity index (χ3n) is 6.94. The summed E-state index contributed by atoms with van der Waals surface area (Å²) in [5, 5.41) is 0. The van der Waals surface area contributed by atoms with Gasteiger partial charge in [-0.1, -0.05) is 39.5 Å². The van der Waals surface area contributed by atoms with E-state index in [-0.39, 0.29) is 0 Å². The van der Waals surface area contributed by atoms with Gasteiger partial charge in [-0.05, 0) is 62.2 Å². The molecular weight excluding hydrogens is 244 g/mol. The van der Waals surface area contributed by atoms with Gasteiger partial charge in [-0.25, -0.2) is 0 Å². The number of ketones is 1. The van der Waals surface area contributed by atoms with Gasteiger partial charge in [0.15, 0.2) is 0 Å². The maximum atomic E-state index is 12.9. The number of rotatable bonds is 2. The van der Waals surface area contributed by atoms with Gasteiger partial charge in [0.25, 0.3) is 0 Å². The molecule has 20 heavy (non-hydrogen) atoms. The Hall–Kier alpha value is -0.330. The monoisotopic (exact) mass is 276 g/mol. The summed E-state index contributed by atoms with van der Waals surface area (Å²) in [7, 11) is 0. The molecule has 0 amide bonds. The van der Waals surface area contributed by atoms with E-state index in [0.717, 1.165) is 23.7 Å². The van der Waals surface area contributed by atoms with Gasteiger partial charge in [-0.15, -0.1) is 0 Å². The Morgan fingerprint density at radius 1 is 0.700 bits per heavy atom. The van der Waals surface area contributed by atoms with E-state index < -0.39 is 0 Å². The van der Waals surface area contributed by atoms with Crippen molar-refractivity contribution in [1.82, 2.24) is 0 Å². The van der Waals surface area contributed by atoms with E-state index in [1.807, 2.05) is 0 Å². The van der Waals surface area contributed by atoms with E-state index >= 15 is 0 Å². The summed E-state index contributed by atoms with van der Waals surface area (Å²) in [5.41, 5.74) is 0. The molecule has 1 heteroatoms. The van der Waals surface area contributed by atoms with Gasteiger partial charge < -0.3 is 0 Å². The summed E-state index contributed by atoms with van der Waals surface area (Å²) in [4.78, 5) is 12.9. The van der Waals surface area contributed by atoms with Gasteiger partial charge in [-0.2, -0.15) is 0 Å². The van der Waals surface area contributed by atoms with Gasteiger partial charge in [0.1, 0.15) is 5.78 Å². The smallest absolute Gasteiger partial charge is 0.139 e. The number of carbonyl (C=O) groups is 1. The van der Waals surface area contributed by atoms with Crippen LogP contribution >= 0.6 is 0 Å². The Labute approximate surface area is 124 Å². The van der Waals surface area contributed by atoms with E-state index in [0.29, 0.717) is 17.6 Å².